The minimum Gasteiger partial charge on any atom is -0.461 e. The molecule has 0 amide bonds. The van der Waals surface area contributed by atoms with Crippen molar-refractivity contribution in [1.29, 1.82) is 0 Å². The van der Waals surface area contributed by atoms with Crippen molar-refractivity contribution in [2.24, 2.45) is 0 Å². The molecule has 152 valence electrons. The fraction of sp³-hybridized carbons (Fsp3) is 0.684. The zero-order valence-corrected chi connectivity index (χ0v) is 19.2. The third kappa shape index (κ3) is 8.38. The lowest BCUT2D eigenvalue weighted by molar-refractivity contribution is -0.139. The van der Waals surface area contributed by atoms with Crippen LogP contribution in [0.4, 0.5) is 0 Å². The summed E-state index contributed by atoms with van der Waals surface area (Å²) in [7, 11) is 0. The summed E-state index contributed by atoms with van der Waals surface area (Å²) >= 11 is 7.83. The molecule has 4 atom stereocenters. The molecule has 0 spiro atoms. The summed E-state index contributed by atoms with van der Waals surface area (Å²) in [6.07, 6.45) is 3.58. The van der Waals surface area contributed by atoms with E-state index in [1.807, 2.05) is 47.0 Å². The van der Waals surface area contributed by atoms with Gasteiger partial charge in [-0.2, -0.15) is 0 Å². The molecule has 2 saturated heterocycles. The van der Waals surface area contributed by atoms with E-state index in [-0.39, 0.29) is 11.9 Å². The second kappa shape index (κ2) is 11.7. The predicted molar refractivity (Wildman–Crippen MR) is 121 cm³/mol. The third-order valence-corrected chi connectivity index (χ3v) is 10.8. The quantitative estimate of drug-likeness (QED) is 0.351. The van der Waals surface area contributed by atoms with Gasteiger partial charge in [0.2, 0.25) is 0 Å². The Labute approximate surface area is 179 Å². The highest BCUT2D eigenvalue weighted by molar-refractivity contribution is 8.20. The molecule has 2 fully saturated rings. The summed E-state index contributed by atoms with van der Waals surface area (Å²) in [5.74, 6) is 1.51. The standard InChI is InChI=1S/C19H28O4S4/c1-12(2)18(20)22-8-14-10-24-16(26-14)6-5-7-17-25-11-15(27-17)9-23-19(21)13(3)4/h14-17H,1,3,5-11H2,2,4H3. The van der Waals surface area contributed by atoms with Crippen LogP contribution in [0.3, 0.4) is 0 Å². The molecule has 4 nitrogen and oxygen atoms in total. The van der Waals surface area contributed by atoms with Gasteiger partial charge in [0.15, 0.2) is 0 Å². The SMILES string of the molecule is C=C(C)C(=O)OCC1CSC(CCCC2SCC(COC(=O)C(=C)C)S2)S1. The first kappa shape index (κ1) is 23.1. The summed E-state index contributed by atoms with van der Waals surface area (Å²) in [6.45, 7) is 11.5. The molecule has 2 rings (SSSR count). The normalized spacial score (nSPS) is 27.3. The van der Waals surface area contributed by atoms with Crippen molar-refractivity contribution in [3.63, 3.8) is 0 Å². The highest BCUT2D eigenvalue weighted by Crippen LogP contribution is 2.44. The Kier molecular flexibility index (Phi) is 10.0. The lowest BCUT2D eigenvalue weighted by atomic mass is 10.3. The maximum Gasteiger partial charge on any atom is 0.333 e. The van der Waals surface area contributed by atoms with Crippen LogP contribution in [0.5, 0.6) is 0 Å². The predicted octanol–water partition coefficient (Wildman–Crippen LogP) is 4.74. The molecule has 0 aromatic heterocycles. The average Bonchev–Trinajstić information content (AvgIpc) is 3.26. The molecule has 27 heavy (non-hydrogen) atoms. The van der Waals surface area contributed by atoms with Crippen LogP contribution in [0.2, 0.25) is 0 Å². The molecule has 2 heterocycles. The van der Waals surface area contributed by atoms with Crippen LogP contribution < -0.4 is 0 Å². The van der Waals surface area contributed by atoms with Crippen molar-refractivity contribution in [3.8, 4) is 0 Å². The summed E-state index contributed by atoms with van der Waals surface area (Å²) in [5.41, 5.74) is 0.919. The van der Waals surface area contributed by atoms with Crippen molar-refractivity contribution < 1.29 is 19.1 Å². The first-order valence-corrected chi connectivity index (χ1v) is 13.0. The fourth-order valence-corrected chi connectivity index (χ4v) is 9.15. The third-order valence-electron chi connectivity index (χ3n) is 4.00. The number of rotatable bonds is 10. The van der Waals surface area contributed by atoms with Gasteiger partial charge in [-0.15, -0.1) is 47.0 Å². The Morgan fingerprint density at radius 3 is 1.63 bits per heavy atom. The fourth-order valence-electron chi connectivity index (χ4n) is 2.53. The number of carbonyl (C=O) groups excluding carboxylic acids is 2. The van der Waals surface area contributed by atoms with Crippen molar-refractivity contribution in [3.05, 3.63) is 24.3 Å². The first-order valence-electron chi connectivity index (χ1n) is 9.04. The van der Waals surface area contributed by atoms with E-state index in [9.17, 15) is 9.59 Å². The molecule has 4 unspecified atom stereocenters. The van der Waals surface area contributed by atoms with E-state index in [2.05, 4.69) is 13.2 Å². The minimum atomic E-state index is -0.289. The Morgan fingerprint density at radius 1 is 0.852 bits per heavy atom. The topological polar surface area (TPSA) is 52.6 Å². The lowest BCUT2D eigenvalue weighted by Gasteiger charge is -2.13. The van der Waals surface area contributed by atoms with Crippen molar-refractivity contribution in [2.75, 3.05) is 24.7 Å². The Bertz CT molecular complexity index is 518. The monoisotopic (exact) mass is 448 g/mol. The zero-order valence-electron chi connectivity index (χ0n) is 15.9. The Balaban J connectivity index is 1.54. The summed E-state index contributed by atoms with van der Waals surface area (Å²) in [5, 5.41) is 0.789. The maximum absolute atomic E-state index is 11.5. The van der Waals surface area contributed by atoms with Gasteiger partial charge >= 0.3 is 11.9 Å². The van der Waals surface area contributed by atoms with Crippen molar-refractivity contribution in [2.45, 2.75) is 52.8 Å². The molecule has 0 N–H and O–H groups in total. The summed E-state index contributed by atoms with van der Waals surface area (Å²) in [6, 6.07) is 0. The highest BCUT2D eigenvalue weighted by Gasteiger charge is 2.29. The molecular weight excluding hydrogens is 420 g/mol. The largest absolute Gasteiger partial charge is 0.461 e. The number of ether oxygens (including phenoxy) is 2. The van der Waals surface area contributed by atoms with Gasteiger partial charge in [0.1, 0.15) is 13.2 Å². The minimum absolute atomic E-state index is 0.289. The van der Waals surface area contributed by atoms with E-state index >= 15 is 0 Å². The van der Waals surface area contributed by atoms with Crippen LogP contribution in [0.25, 0.3) is 0 Å². The van der Waals surface area contributed by atoms with Crippen LogP contribution in [0.1, 0.15) is 33.1 Å². The molecule has 0 aromatic rings. The molecule has 0 saturated carbocycles. The van der Waals surface area contributed by atoms with Gasteiger partial charge in [0.25, 0.3) is 0 Å². The van der Waals surface area contributed by atoms with Gasteiger partial charge in [-0.3, -0.25) is 0 Å². The van der Waals surface area contributed by atoms with Gasteiger partial charge in [-0.05, 0) is 33.1 Å². The molecule has 0 radical (unpaired) electrons. The number of thioether (sulfide) groups is 4. The summed E-state index contributed by atoms with van der Waals surface area (Å²) < 4.78 is 11.7. The molecular formula is C19H28O4S4. The Morgan fingerprint density at radius 2 is 1.26 bits per heavy atom. The average molecular weight is 449 g/mol. The Hall–Kier alpha value is -0.180. The van der Waals surface area contributed by atoms with E-state index in [1.165, 1.54) is 19.3 Å². The van der Waals surface area contributed by atoms with Crippen LogP contribution >= 0.6 is 47.0 Å². The number of esters is 2. The van der Waals surface area contributed by atoms with Gasteiger partial charge in [-0.25, -0.2) is 9.59 Å². The van der Waals surface area contributed by atoms with Gasteiger partial charge in [-0.1, -0.05) is 13.2 Å². The van der Waals surface area contributed by atoms with Gasteiger partial charge in [0, 0.05) is 33.2 Å². The molecule has 8 heteroatoms. The number of carbonyl (C=O) groups is 2. The maximum atomic E-state index is 11.5. The van der Waals surface area contributed by atoms with Crippen LogP contribution in [0.15, 0.2) is 24.3 Å². The summed E-state index contributed by atoms with van der Waals surface area (Å²) in [4.78, 5) is 22.9. The molecule has 2 aliphatic heterocycles. The van der Waals surface area contributed by atoms with Gasteiger partial charge < -0.3 is 9.47 Å². The molecule has 0 aliphatic carbocycles. The zero-order chi connectivity index (χ0) is 19.8. The smallest absolute Gasteiger partial charge is 0.333 e. The highest BCUT2D eigenvalue weighted by atomic mass is 32.2. The van der Waals surface area contributed by atoms with E-state index in [0.717, 1.165) is 11.5 Å². The second-order valence-electron chi connectivity index (χ2n) is 6.73. The molecule has 0 bridgehead atoms. The van der Waals surface area contributed by atoms with Crippen LogP contribution in [-0.2, 0) is 19.1 Å². The van der Waals surface area contributed by atoms with Crippen LogP contribution in [-0.4, -0.2) is 56.3 Å². The molecule has 2 aliphatic rings. The van der Waals surface area contributed by atoms with Crippen molar-refractivity contribution >= 4 is 59.0 Å². The number of hydrogen-bond donors (Lipinski definition) is 0. The lowest BCUT2D eigenvalue weighted by Crippen LogP contribution is -2.16. The van der Waals surface area contributed by atoms with E-state index < -0.39 is 0 Å². The van der Waals surface area contributed by atoms with E-state index in [4.69, 9.17) is 9.47 Å². The van der Waals surface area contributed by atoms with Crippen molar-refractivity contribution in [1.82, 2.24) is 0 Å². The van der Waals surface area contributed by atoms with Gasteiger partial charge in [0.05, 0.1) is 9.16 Å². The van der Waals surface area contributed by atoms with E-state index in [1.54, 1.807) is 13.8 Å². The second-order valence-corrected chi connectivity index (χ2v) is 12.8. The van der Waals surface area contributed by atoms with E-state index in [0.29, 0.717) is 44.0 Å². The number of hydrogen-bond acceptors (Lipinski definition) is 8. The van der Waals surface area contributed by atoms with Crippen LogP contribution in [0, 0.1) is 0 Å². The molecule has 0 aromatic carbocycles. The first-order chi connectivity index (χ1) is 12.8.